The molecule has 52 heavy (non-hydrogen) atoms. The number of carbonyl (C=O) groups excluding carboxylic acids is 5. The van der Waals surface area contributed by atoms with E-state index >= 15 is 0 Å². The second kappa shape index (κ2) is 17.5. The van der Waals surface area contributed by atoms with Crippen molar-refractivity contribution in [1.82, 2.24) is 4.98 Å². The van der Waals surface area contributed by atoms with Crippen molar-refractivity contribution in [2.24, 2.45) is 0 Å². The zero-order valence-electron chi connectivity index (χ0n) is 29.1. The summed E-state index contributed by atoms with van der Waals surface area (Å²) in [6, 6.07) is 15.0. The van der Waals surface area contributed by atoms with E-state index < -0.39 is 66.3 Å². The number of nitrogens with zero attached hydrogens (tertiary/aromatic N) is 2. The minimum absolute atomic E-state index is 0.0104. The maximum Gasteiger partial charge on any atom is 0.341 e. The summed E-state index contributed by atoms with van der Waals surface area (Å²) in [5.74, 6) is -4.09. The molecule has 5 atom stereocenters. The molecule has 1 aliphatic heterocycles. The van der Waals surface area contributed by atoms with E-state index in [0.29, 0.717) is 5.56 Å². The van der Waals surface area contributed by atoms with Gasteiger partial charge < -0.3 is 38.3 Å². The molecule has 0 aliphatic carbocycles. The van der Waals surface area contributed by atoms with Gasteiger partial charge in [0.1, 0.15) is 23.8 Å². The first-order chi connectivity index (χ1) is 24.8. The van der Waals surface area contributed by atoms with E-state index in [9.17, 15) is 34.3 Å². The predicted octanol–water partition coefficient (Wildman–Crippen LogP) is 4.35. The molecule has 1 N–H and O–H groups in total. The summed E-state index contributed by atoms with van der Waals surface area (Å²) >= 11 is 0.774. The fourth-order valence-corrected chi connectivity index (χ4v) is 6.66. The summed E-state index contributed by atoms with van der Waals surface area (Å²) in [5.41, 5.74) is -0.782. The summed E-state index contributed by atoms with van der Waals surface area (Å²) < 4.78 is 38.8. The monoisotopic (exact) mass is 736 g/mol. The van der Waals surface area contributed by atoms with E-state index in [4.69, 9.17) is 38.1 Å². The highest BCUT2D eigenvalue weighted by Gasteiger charge is 2.53. The van der Waals surface area contributed by atoms with Gasteiger partial charge in [-0.25, -0.2) is 9.78 Å². The highest BCUT2D eigenvalue weighted by Crippen LogP contribution is 2.44. The molecule has 0 spiro atoms. The normalized spacial score (nSPS) is 19.4. The Kier molecular flexibility index (Phi) is 13.2. The first-order valence-electron chi connectivity index (χ1n) is 15.8. The molecule has 16 heteroatoms. The highest BCUT2D eigenvalue weighted by molar-refractivity contribution is 7.99. The lowest BCUT2D eigenvalue weighted by Gasteiger charge is -2.44. The summed E-state index contributed by atoms with van der Waals surface area (Å²) in [6.45, 7) is 5.59. The lowest BCUT2D eigenvalue weighted by atomic mass is 9.92. The molecular weight excluding hydrogens is 700 g/mol. The van der Waals surface area contributed by atoms with Gasteiger partial charge in [0, 0.05) is 38.8 Å². The van der Waals surface area contributed by atoms with E-state index in [2.05, 4.69) is 6.07 Å². The standard InChI is InChI=1S/C36H36N2O13S/c1-7-46-35(44)29-28(23-13-14-26(45-6)25(43)15-23)24(16-37)34(38-30(29)22-11-9-8-10-12-22)52-36-33(50-21(5)42)32(49-20(4)41)31(48-19(3)40)27(51-36)17-47-18(2)39/h8-15,27,31-33,36,43H,7,17H2,1-6H3/t27-,31+,32+,33-,36+/m1/s1. The van der Waals surface area contributed by atoms with Crippen molar-refractivity contribution in [1.29, 1.82) is 5.26 Å². The Hall–Kier alpha value is -5.66. The van der Waals surface area contributed by atoms with Crippen LogP contribution in [0, 0.1) is 11.3 Å². The summed E-state index contributed by atoms with van der Waals surface area (Å²) in [7, 11) is 1.36. The Balaban J connectivity index is 2.03. The number of phenols is 1. The zero-order valence-corrected chi connectivity index (χ0v) is 29.9. The lowest BCUT2D eigenvalue weighted by molar-refractivity contribution is -0.237. The molecule has 0 unspecified atom stereocenters. The van der Waals surface area contributed by atoms with Gasteiger partial charge in [0.2, 0.25) is 0 Å². The molecule has 4 rings (SSSR count). The van der Waals surface area contributed by atoms with Crippen LogP contribution in [0.15, 0.2) is 53.6 Å². The van der Waals surface area contributed by atoms with Gasteiger partial charge >= 0.3 is 29.8 Å². The topological polar surface area (TPSA) is 207 Å². The van der Waals surface area contributed by atoms with Crippen molar-refractivity contribution in [2.45, 2.75) is 69.5 Å². The molecule has 274 valence electrons. The SMILES string of the molecule is CCOC(=O)c1c(-c2ccccc2)nc(S[C@@H]2O[C@H](COC(C)=O)[C@H](OC(C)=O)[C@H](OC(C)=O)[C@H]2OC(C)=O)c(C#N)c1-c1ccc(OC)c(O)c1. The number of pyridine rings is 1. The first-order valence-corrected chi connectivity index (χ1v) is 16.7. The van der Waals surface area contributed by atoms with Crippen LogP contribution < -0.4 is 4.74 Å². The number of hydrogen-bond donors (Lipinski definition) is 1. The number of nitriles is 1. The van der Waals surface area contributed by atoms with Crippen LogP contribution in [-0.2, 0) is 47.6 Å². The number of esters is 5. The fraction of sp³-hybridized carbons (Fsp3) is 0.361. The fourth-order valence-electron chi connectivity index (χ4n) is 5.49. The van der Waals surface area contributed by atoms with Crippen LogP contribution in [0.2, 0.25) is 0 Å². The van der Waals surface area contributed by atoms with Gasteiger partial charge in [-0.2, -0.15) is 5.26 Å². The van der Waals surface area contributed by atoms with Crippen molar-refractivity contribution >= 4 is 41.6 Å². The molecule has 15 nitrogen and oxygen atoms in total. The molecule has 0 saturated carbocycles. The van der Waals surface area contributed by atoms with Gasteiger partial charge in [-0.3, -0.25) is 19.2 Å². The largest absolute Gasteiger partial charge is 0.504 e. The van der Waals surface area contributed by atoms with E-state index in [1.54, 1.807) is 37.3 Å². The number of thioether (sulfide) groups is 1. The van der Waals surface area contributed by atoms with Gasteiger partial charge in [-0.1, -0.05) is 48.2 Å². The van der Waals surface area contributed by atoms with Gasteiger partial charge in [0.15, 0.2) is 35.2 Å². The Morgan fingerprint density at radius 1 is 0.865 bits per heavy atom. The number of rotatable bonds is 12. The Bertz CT molecular complexity index is 1880. The smallest absolute Gasteiger partial charge is 0.341 e. The van der Waals surface area contributed by atoms with Crippen LogP contribution in [0.5, 0.6) is 11.5 Å². The third-order valence-electron chi connectivity index (χ3n) is 7.45. The van der Waals surface area contributed by atoms with Crippen molar-refractivity contribution in [3.05, 3.63) is 59.7 Å². The summed E-state index contributed by atoms with van der Waals surface area (Å²) in [5, 5.41) is 21.4. The third kappa shape index (κ3) is 9.16. The molecular formula is C36H36N2O13S. The van der Waals surface area contributed by atoms with Crippen molar-refractivity contribution in [2.75, 3.05) is 20.3 Å². The van der Waals surface area contributed by atoms with E-state index in [-0.39, 0.29) is 51.1 Å². The third-order valence-corrected chi connectivity index (χ3v) is 8.58. The van der Waals surface area contributed by atoms with Crippen LogP contribution in [0.3, 0.4) is 0 Å². The molecule has 0 bridgehead atoms. The first kappa shape index (κ1) is 39.1. The minimum Gasteiger partial charge on any atom is -0.504 e. The highest BCUT2D eigenvalue weighted by atomic mass is 32.2. The number of phenolic OH excluding ortho intramolecular Hbond substituents is 1. The van der Waals surface area contributed by atoms with E-state index in [1.807, 2.05) is 0 Å². The van der Waals surface area contributed by atoms with Gasteiger partial charge in [-0.15, -0.1) is 0 Å². The quantitative estimate of drug-likeness (QED) is 0.202. The van der Waals surface area contributed by atoms with Crippen molar-refractivity contribution in [3.8, 4) is 40.0 Å². The molecule has 2 heterocycles. The average molecular weight is 737 g/mol. The molecule has 3 aromatic rings. The molecule has 1 fully saturated rings. The number of aromatic nitrogens is 1. The molecule has 1 saturated heterocycles. The number of benzene rings is 2. The number of aromatic hydroxyl groups is 1. The number of methoxy groups -OCH3 is 1. The molecule has 1 aliphatic rings. The predicted molar refractivity (Wildman–Crippen MR) is 182 cm³/mol. The number of carbonyl (C=O) groups is 5. The summed E-state index contributed by atoms with van der Waals surface area (Å²) in [6.07, 6.45) is -5.63. The lowest BCUT2D eigenvalue weighted by Crippen LogP contribution is -2.61. The van der Waals surface area contributed by atoms with Crippen LogP contribution in [-0.4, -0.2) is 90.1 Å². The molecule has 1 aromatic heterocycles. The molecule has 0 radical (unpaired) electrons. The Labute approximate surface area is 303 Å². The maximum absolute atomic E-state index is 13.7. The molecule has 0 amide bonds. The van der Waals surface area contributed by atoms with Crippen LogP contribution in [0.1, 0.15) is 50.5 Å². The second-order valence-corrected chi connectivity index (χ2v) is 12.2. The Morgan fingerprint density at radius 2 is 1.50 bits per heavy atom. The van der Waals surface area contributed by atoms with E-state index in [1.165, 1.54) is 25.3 Å². The Morgan fingerprint density at radius 3 is 2.06 bits per heavy atom. The zero-order chi connectivity index (χ0) is 38.1. The van der Waals surface area contributed by atoms with Gasteiger partial charge in [-0.05, 0) is 24.6 Å². The number of hydrogen-bond acceptors (Lipinski definition) is 16. The van der Waals surface area contributed by atoms with Crippen molar-refractivity contribution in [3.63, 3.8) is 0 Å². The van der Waals surface area contributed by atoms with E-state index in [0.717, 1.165) is 39.5 Å². The van der Waals surface area contributed by atoms with Crippen LogP contribution in [0.4, 0.5) is 0 Å². The van der Waals surface area contributed by atoms with Crippen molar-refractivity contribution < 1.29 is 62.2 Å². The minimum atomic E-state index is -1.48. The second-order valence-electron chi connectivity index (χ2n) is 11.2. The average Bonchev–Trinajstić information content (AvgIpc) is 3.09. The van der Waals surface area contributed by atoms with Gasteiger partial charge in [0.05, 0.1) is 30.5 Å². The number of ether oxygens (including phenoxy) is 7. The van der Waals surface area contributed by atoms with Crippen LogP contribution in [0.25, 0.3) is 22.4 Å². The van der Waals surface area contributed by atoms with Crippen LogP contribution >= 0.6 is 11.8 Å². The maximum atomic E-state index is 13.7. The molecule has 2 aromatic carbocycles. The van der Waals surface area contributed by atoms with Gasteiger partial charge in [0.25, 0.3) is 0 Å². The summed E-state index contributed by atoms with van der Waals surface area (Å²) in [4.78, 5) is 67.4.